The fraction of sp³-hybridized carbons (Fsp3) is 0.400. The lowest BCUT2D eigenvalue weighted by molar-refractivity contribution is -0.129. The molecule has 1 aliphatic heterocycles. The molecule has 2 aromatic rings. The van der Waals surface area contributed by atoms with Gasteiger partial charge in [0.2, 0.25) is 11.8 Å². The molecule has 0 radical (unpaired) electrons. The summed E-state index contributed by atoms with van der Waals surface area (Å²) in [6, 6.07) is 11.1. The highest BCUT2D eigenvalue weighted by molar-refractivity contribution is 5.86. The van der Waals surface area contributed by atoms with E-state index in [1.165, 1.54) is 0 Å². The zero-order valence-corrected chi connectivity index (χ0v) is 17.9. The van der Waals surface area contributed by atoms with E-state index >= 15 is 0 Å². The smallest absolute Gasteiger partial charge is 0.240 e. The maximum Gasteiger partial charge on any atom is 0.240 e. The second kappa shape index (κ2) is 11.8. The number of nitrogens with one attached hydrogen (secondary N) is 1. The Morgan fingerprint density at radius 3 is 2.48 bits per heavy atom. The van der Waals surface area contributed by atoms with E-state index in [2.05, 4.69) is 10.3 Å². The van der Waals surface area contributed by atoms with Crippen molar-refractivity contribution in [1.29, 1.82) is 0 Å². The Kier molecular flexibility index (Phi) is 10.2. The summed E-state index contributed by atoms with van der Waals surface area (Å²) in [4.78, 5) is 16.7. The van der Waals surface area contributed by atoms with Gasteiger partial charge in [-0.15, -0.1) is 24.8 Å². The van der Waals surface area contributed by atoms with Crippen LogP contribution in [0.5, 0.6) is 17.4 Å². The quantitative estimate of drug-likeness (QED) is 0.681. The van der Waals surface area contributed by atoms with Crippen LogP contribution < -0.4 is 20.5 Å². The third kappa shape index (κ3) is 6.75. The number of pyridine rings is 1. The zero-order chi connectivity index (χ0) is 19.1. The minimum absolute atomic E-state index is 0. The van der Waals surface area contributed by atoms with Crippen molar-refractivity contribution in [3.05, 3.63) is 48.2 Å². The number of halogens is 2. The maximum absolute atomic E-state index is 12.3. The minimum Gasteiger partial charge on any atom is -0.490 e. The van der Waals surface area contributed by atoms with Crippen molar-refractivity contribution in [2.45, 2.75) is 31.8 Å². The number of benzene rings is 1. The Hall–Kier alpha value is -2.06. The summed E-state index contributed by atoms with van der Waals surface area (Å²) in [5.74, 6) is 1.58. The van der Waals surface area contributed by atoms with Crippen molar-refractivity contribution in [1.82, 2.24) is 10.3 Å². The number of carbonyl (C=O) groups is 1. The molecule has 0 atom stereocenters. The topological polar surface area (TPSA) is 95.7 Å². The summed E-state index contributed by atoms with van der Waals surface area (Å²) in [7, 11) is 0. The molecule has 1 saturated heterocycles. The SMILES string of the molecule is CCOc1ccccc1Oc1ccc(CNC(=O)C2(N)CCOCC2)cn1.Cl.Cl. The molecule has 9 heteroatoms. The van der Waals surface area contributed by atoms with E-state index < -0.39 is 5.54 Å². The van der Waals surface area contributed by atoms with Gasteiger partial charge < -0.3 is 25.3 Å². The largest absolute Gasteiger partial charge is 0.490 e. The number of ether oxygens (including phenoxy) is 3. The van der Waals surface area contributed by atoms with Crippen molar-refractivity contribution >= 4 is 30.7 Å². The molecule has 0 spiro atoms. The summed E-state index contributed by atoms with van der Waals surface area (Å²) in [5.41, 5.74) is 6.19. The first kappa shape index (κ1) is 25.0. The first-order valence-electron chi connectivity index (χ1n) is 9.10. The van der Waals surface area contributed by atoms with Gasteiger partial charge in [0.05, 0.1) is 12.1 Å². The number of nitrogens with two attached hydrogens (primary N) is 1. The van der Waals surface area contributed by atoms with E-state index in [0.717, 1.165) is 5.56 Å². The van der Waals surface area contributed by atoms with Crippen LogP contribution in [0.3, 0.4) is 0 Å². The molecule has 160 valence electrons. The van der Waals surface area contributed by atoms with Gasteiger partial charge in [-0.2, -0.15) is 0 Å². The lowest BCUT2D eigenvalue weighted by atomic mass is 9.90. The lowest BCUT2D eigenvalue weighted by Crippen LogP contribution is -2.56. The highest BCUT2D eigenvalue weighted by atomic mass is 35.5. The summed E-state index contributed by atoms with van der Waals surface area (Å²) in [6.45, 7) is 3.87. The third-order valence-electron chi connectivity index (χ3n) is 4.45. The minimum atomic E-state index is -0.849. The molecule has 1 aromatic carbocycles. The Labute approximate surface area is 183 Å². The number of para-hydroxylation sites is 2. The number of hydrogen-bond donors (Lipinski definition) is 2. The second-order valence-corrected chi connectivity index (χ2v) is 6.44. The first-order valence-corrected chi connectivity index (χ1v) is 9.10. The molecule has 3 rings (SSSR count). The number of rotatable bonds is 7. The normalized spacial score (nSPS) is 14.7. The van der Waals surface area contributed by atoms with Gasteiger partial charge in [0.25, 0.3) is 0 Å². The molecule has 3 N–H and O–H groups in total. The van der Waals surface area contributed by atoms with E-state index in [-0.39, 0.29) is 30.7 Å². The number of aromatic nitrogens is 1. The molecule has 1 fully saturated rings. The number of amides is 1. The van der Waals surface area contributed by atoms with Crippen molar-refractivity contribution in [3.8, 4) is 17.4 Å². The average molecular weight is 444 g/mol. The molecule has 1 aliphatic rings. The molecule has 0 unspecified atom stereocenters. The molecule has 1 amide bonds. The number of carbonyl (C=O) groups excluding carboxylic acids is 1. The van der Waals surface area contributed by atoms with Crippen LogP contribution in [0.15, 0.2) is 42.6 Å². The predicted molar refractivity (Wildman–Crippen MR) is 115 cm³/mol. The monoisotopic (exact) mass is 443 g/mol. The van der Waals surface area contributed by atoms with Gasteiger partial charge in [-0.3, -0.25) is 4.79 Å². The van der Waals surface area contributed by atoms with Gasteiger partial charge in [-0.25, -0.2) is 4.98 Å². The molecule has 7 nitrogen and oxygen atoms in total. The van der Waals surface area contributed by atoms with Crippen molar-refractivity contribution in [2.24, 2.45) is 5.73 Å². The van der Waals surface area contributed by atoms with Crippen LogP contribution in [0, 0.1) is 0 Å². The van der Waals surface area contributed by atoms with E-state index in [1.54, 1.807) is 12.3 Å². The van der Waals surface area contributed by atoms with Crippen LogP contribution in [0.25, 0.3) is 0 Å². The molecular weight excluding hydrogens is 417 g/mol. The molecule has 2 heterocycles. The average Bonchev–Trinajstić information content (AvgIpc) is 2.69. The Bertz CT molecular complexity index is 769. The van der Waals surface area contributed by atoms with Gasteiger partial charge >= 0.3 is 0 Å². The summed E-state index contributed by atoms with van der Waals surface area (Å²) in [6.07, 6.45) is 2.73. The van der Waals surface area contributed by atoms with Crippen LogP contribution in [0.1, 0.15) is 25.3 Å². The fourth-order valence-corrected chi connectivity index (χ4v) is 2.82. The summed E-state index contributed by atoms with van der Waals surface area (Å²) in [5, 5.41) is 2.88. The standard InChI is InChI=1S/C20H25N3O4.2ClH/c1-2-26-16-5-3-4-6-17(16)27-18-8-7-15(13-22-18)14-23-19(24)20(21)9-11-25-12-10-20;;/h3-8,13H,2,9-12,14,21H2,1H3,(H,23,24);2*1H. The maximum atomic E-state index is 12.3. The molecule has 0 saturated carbocycles. The van der Waals surface area contributed by atoms with Crippen LogP contribution in [0.2, 0.25) is 0 Å². The van der Waals surface area contributed by atoms with Crippen molar-refractivity contribution in [3.63, 3.8) is 0 Å². The number of hydrogen-bond acceptors (Lipinski definition) is 6. The van der Waals surface area contributed by atoms with Gasteiger partial charge in [0.1, 0.15) is 0 Å². The van der Waals surface area contributed by atoms with E-state index in [1.807, 2.05) is 37.3 Å². The second-order valence-electron chi connectivity index (χ2n) is 6.44. The third-order valence-corrected chi connectivity index (χ3v) is 4.45. The zero-order valence-electron chi connectivity index (χ0n) is 16.3. The number of nitrogens with zero attached hydrogens (tertiary/aromatic N) is 1. The highest BCUT2D eigenvalue weighted by Gasteiger charge is 2.35. The molecule has 29 heavy (non-hydrogen) atoms. The van der Waals surface area contributed by atoms with Crippen LogP contribution in [-0.2, 0) is 16.1 Å². The lowest BCUT2D eigenvalue weighted by Gasteiger charge is -2.31. The predicted octanol–water partition coefficient (Wildman–Crippen LogP) is 3.24. The molecule has 1 aromatic heterocycles. The van der Waals surface area contributed by atoms with E-state index in [4.69, 9.17) is 19.9 Å². The van der Waals surface area contributed by atoms with Gasteiger partial charge in [-0.1, -0.05) is 18.2 Å². The Morgan fingerprint density at radius 1 is 1.17 bits per heavy atom. The van der Waals surface area contributed by atoms with Crippen LogP contribution in [-0.4, -0.2) is 36.3 Å². The summed E-state index contributed by atoms with van der Waals surface area (Å²) >= 11 is 0. The van der Waals surface area contributed by atoms with Crippen molar-refractivity contribution in [2.75, 3.05) is 19.8 Å². The van der Waals surface area contributed by atoms with E-state index in [9.17, 15) is 4.79 Å². The first-order chi connectivity index (χ1) is 13.1. The molecular formula is C20H27Cl2N3O4. The fourth-order valence-electron chi connectivity index (χ4n) is 2.82. The highest BCUT2D eigenvalue weighted by Crippen LogP contribution is 2.30. The van der Waals surface area contributed by atoms with Gasteiger partial charge in [0, 0.05) is 32.0 Å². The van der Waals surface area contributed by atoms with Crippen LogP contribution in [0.4, 0.5) is 0 Å². The molecule has 0 aliphatic carbocycles. The Morgan fingerprint density at radius 2 is 1.86 bits per heavy atom. The van der Waals surface area contributed by atoms with E-state index in [0.29, 0.717) is 56.6 Å². The molecule has 0 bridgehead atoms. The van der Waals surface area contributed by atoms with Crippen LogP contribution >= 0.6 is 24.8 Å². The van der Waals surface area contributed by atoms with Gasteiger partial charge in [0.15, 0.2) is 11.5 Å². The summed E-state index contributed by atoms with van der Waals surface area (Å²) < 4.78 is 16.6. The van der Waals surface area contributed by atoms with Gasteiger partial charge in [-0.05, 0) is 37.5 Å². The van der Waals surface area contributed by atoms with Crippen molar-refractivity contribution < 1.29 is 19.0 Å². The Balaban J connectivity index is 0.00000210.